The molecule has 0 bridgehead atoms. The van der Waals surface area contributed by atoms with E-state index in [1.807, 2.05) is 17.0 Å². The summed E-state index contributed by atoms with van der Waals surface area (Å²) in [6, 6.07) is 12.6. The zero-order valence-electron chi connectivity index (χ0n) is 21.3. The zero-order chi connectivity index (χ0) is 27.7. The van der Waals surface area contributed by atoms with Crippen LogP contribution in [0, 0.1) is 5.82 Å². The molecule has 1 aliphatic rings. The molecule has 0 saturated carbocycles. The van der Waals surface area contributed by atoms with E-state index in [-0.39, 0.29) is 23.1 Å². The van der Waals surface area contributed by atoms with Gasteiger partial charge in [0.1, 0.15) is 17.2 Å². The average Bonchev–Trinajstić information content (AvgIpc) is 3.53. The number of halogens is 3. The van der Waals surface area contributed by atoms with Crippen LogP contribution in [0.4, 0.5) is 24.5 Å². The molecule has 0 aliphatic carbocycles. The number of rotatable bonds is 7. The van der Waals surface area contributed by atoms with Crippen LogP contribution in [0.15, 0.2) is 61.1 Å². The van der Waals surface area contributed by atoms with E-state index in [0.717, 1.165) is 12.6 Å². The van der Waals surface area contributed by atoms with Crippen molar-refractivity contribution in [1.29, 1.82) is 0 Å². The molecule has 0 radical (unpaired) electrons. The van der Waals surface area contributed by atoms with Gasteiger partial charge < -0.3 is 24.7 Å². The number of piperazine rings is 1. The number of carbonyl (C=O) groups excluding carboxylic acids is 2. The highest BCUT2D eigenvalue weighted by atomic mass is 19.3. The first-order valence-corrected chi connectivity index (χ1v) is 12.2. The van der Waals surface area contributed by atoms with Crippen molar-refractivity contribution < 1.29 is 22.8 Å². The number of nitrogens with one attached hydrogen (secondary N) is 2. The van der Waals surface area contributed by atoms with Crippen molar-refractivity contribution in [3.05, 3.63) is 72.6 Å². The Hall–Kier alpha value is -4.61. The van der Waals surface area contributed by atoms with E-state index in [0.29, 0.717) is 36.6 Å². The first-order chi connectivity index (χ1) is 18.6. The fourth-order valence-electron chi connectivity index (χ4n) is 4.36. The van der Waals surface area contributed by atoms with Crippen LogP contribution in [-0.4, -0.2) is 68.8 Å². The van der Waals surface area contributed by atoms with Crippen molar-refractivity contribution in [3.8, 4) is 22.8 Å². The number of hydrogen-bond donors (Lipinski definition) is 2. The van der Waals surface area contributed by atoms with E-state index in [4.69, 9.17) is 0 Å². The molecule has 2 N–H and O–H groups in total. The molecular weight excluding hydrogens is 511 g/mol. The Morgan fingerprint density at radius 3 is 2.46 bits per heavy atom. The topological polar surface area (TPSA) is 99.1 Å². The van der Waals surface area contributed by atoms with Crippen molar-refractivity contribution in [1.82, 2.24) is 24.4 Å². The lowest BCUT2D eigenvalue weighted by atomic mass is 10.1. The van der Waals surface area contributed by atoms with E-state index in [1.165, 1.54) is 41.4 Å². The minimum atomic E-state index is -3.04. The van der Waals surface area contributed by atoms with Gasteiger partial charge in [0.2, 0.25) is 5.91 Å². The summed E-state index contributed by atoms with van der Waals surface area (Å²) in [5, 5.41) is 2.78. The number of alkyl halides is 2. The minimum absolute atomic E-state index is 0.0419. The van der Waals surface area contributed by atoms with Gasteiger partial charge in [0.15, 0.2) is 5.82 Å². The predicted octanol–water partition coefficient (Wildman–Crippen LogP) is 4.27. The number of carbonyl (C=O) groups is 2. The molecule has 9 nitrogen and oxygen atoms in total. The lowest BCUT2D eigenvalue weighted by molar-refractivity contribution is -0.129. The molecule has 2 amide bonds. The first kappa shape index (κ1) is 26.0. The molecule has 39 heavy (non-hydrogen) atoms. The number of likely N-dealkylation sites (N-methyl/N-ethyl adjacent to an activating group) is 1. The van der Waals surface area contributed by atoms with Gasteiger partial charge in [0.05, 0.1) is 31.3 Å². The Labute approximate surface area is 222 Å². The van der Waals surface area contributed by atoms with Crippen LogP contribution < -0.4 is 10.2 Å². The van der Waals surface area contributed by atoms with E-state index < -0.39 is 24.2 Å². The van der Waals surface area contributed by atoms with Gasteiger partial charge in [-0.25, -0.2) is 23.1 Å². The van der Waals surface area contributed by atoms with Gasteiger partial charge in [-0.2, -0.15) is 0 Å². The molecule has 2 aromatic heterocycles. The van der Waals surface area contributed by atoms with E-state index in [2.05, 4.69) is 20.3 Å². The second kappa shape index (κ2) is 10.3. The Balaban J connectivity index is 1.36. The SMILES string of the molecule is CN1CCN(c2ccc(NC(=O)c3cnc(-c4c(-c5ccc(F)cc5)ncn4CC(C)(F)F)[nH]3)cc2)CC1=O. The van der Waals surface area contributed by atoms with Crippen LogP contribution in [0.2, 0.25) is 0 Å². The lowest BCUT2D eigenvalue weighted by Crippen LogP contribution is -2.48. The third kappa shape index (κ3) is 5.79. The second-order valence-corrected chi connectivity index (χ2v) is 9.53. The molecule has 0 spiro atoms. The van der Waals surface area contributed by atoms with Gasteiger partial charge in [-0.05, 0) is 48.5 Å². The van der Waals surface area contributed by atoms with Crippen LogP contribution >= 0.6 is 0 Å². The Morgan fingerprint density at radius 2 is 1.79 bits per heavy atom. The molecule has 12 heteroatoms. The molecule has 2 aromatic carbocycles. The average molecular weight is 538 g/mol. The number of amides is 2. The number of H-pyrrole nitrogens is 1. The third-order valence-corrected chi connectivity index (χ3v) is 6.40. The molecule has 4 aromatic rings. The number of imidazole rings is 2. The molecule has 3 heterocycles. The molecule has 1 saturated heterocycles. The monoisotopic (exact) mass is 537 g/mol. The highest BCUT2D eigenvalue weighted by molar-refractivity contribution is 6.03. The van der Waals surface area contributed by atoms with Crippen molar-refractivity contribution in [3.63, 3.8) is 0 Å². The van der Waals surface area contributed by atoms with E-state index in [1.54, 1.807) is 24.1 Å². The summed E-state index contributed by atoms with van der Waals surface area (Å²) in [5.41, 5.74) is 2.58. The summed E-state index contributed by atoms with van der Waals surface area (Å²) >= 11 is 0. The summed E-state index contributed by atoms with van der Waals surface area (Å²) in [7, 11) is 1.77. The lowest BCUT2D eigenvalue weighted by Gasteiger charge is -2.33. The summed E-state index contributed by atoms with van der Waals surface area (Å²) in [4.78, 5) is 40.0. The van der Waals surface area contributed by atoms with Gasteiger partial charge in [0, 0.05) is 44.0 Å². The fraction of sp³-hybridized carbons (Fsp3) is 0.259. The highest BCUT2D eigenvalue weighted by Gasteiger charge is 2.27. The fourth-order valence-corrected chi connectivity index (χ4v) is 4.36. The third-order valence-electron chi connectivity index (χ3n) is 6.40. The maximum atomic E-state index is 13.9. The quantitative estimate of drug-likeness (QED) is 0.367. The van der Waals surface area contributed by atoms with Crippen molar-refractivity contribution in [2.45, 2.75) is 19.4 Å². The number of aromatic nitrogens is 4. The maximum Gasteiger partial charge on any atom is 0.273 e. The van der Waals surface area contributed by atoms with Crippen LogP contribution in [0.5, 0.6) is 0 Å². The van der Waals surface area contributed by atoms with Crippen LogP contribution in [0.3, 0.4) is 0 Å². The van der Waals surface area contributed by atoms with E-state index >= 15 is 0 Å². The Bertz CT molecular complexity index is 1490. The first-order valence-electron chi connectivity index (χ1n) is 12.2. The van der Waals surface area contributed by atoms with Gasteiger partial charge >= 0.3 is 0 Å². The number of hydrogen-bond acceptors (Lipinski definition) is 5. The molecule has 0 atom stereocenters. The number of aromatic amines is 1. The summed E-state index contributed by atoms with van der Waals surface area (Å²) in [5.74, 6) is -3.75. The molecule has 0 unspecified atom stereocenters. The van der Waals surface area contributed by atoms with Gasteiger partial charge in [-0.3, -0.25) is 9.59 Å². The number of anilines is 2. The van der Waals surface area contributed by atoms with Crippen molar-refractivity contribution in [2.75, 3.05) is 36.9 Å². The highest BCUT2D eigenvalue weighted by Crippen LogP contribution is 2.31. The molecule has 1 fully saturated rings. The summed E-state index contributed by atoms with van der Waals surface area (Å²) in [6.07, 6.45) is 2.58. The molecule has 202 valence electrons. The zero-order valence-corrected chi connectivity index (χ0v) is 21.3. The van der Waals surface area contributed by atoms with E-state index in [9.17, 15) is 22.8 Å². The maximum absolute atomic E-state index is 13.9. The predicted molar refractivity (Wildman–Crippen MR) is 140 cm³/mol. The van der Waals surface area contributed by atoms with Crippen molar-refractivity contribution >= 4 is 23.2 Å². The number of nitrogens with zero attached hydrogens (tertiary/aromatic N) is 5. The summed E-state index contributed by atoms with van der Waals surface area (Å²) < 4.78 is 42.5. The Kier molecular flexibility index (Phi) is 6.85. The van der Waals surface area contributed by atoms with Crippen LogP contribution in [-0.2, 0) is 11.3 Å². The minimum Gasteiger partial charge on any atom is -0.360 e. The second-order valence-electron chi connectivity index (χ2n) is 9.53. The van der Waals surface area contributed by atoms with Crippen LogP contribution in [0.25, 0.3) is 22.8 Å². The standard InChI is InChI=1S/C27H26F3N7O2/c1-27(29,30)15-37-16-32-23(17-3-5-18(28)6-4-17)24(37)25-31-13-21(34-25)26(39)33-19-7-9-20(10-8-19)36-12-11-35(2)22(38)14-36/h3-10,13,16H,11-12,14-15H2,1-2H3,(H,31,34)(H,33,39). The smallest absolute Gasteiger partial charge is 0.273 e. The normalized spacial score (nSPS) is 14.1. The molecule has 1 aliphatic heterocycles. The largest absolute Gasteiger partial charge is 0.360 e. The van der Waals surface area contributed by atoms with Crippen molar-refractivity contribution in [2.24, 2.45) is 0 Å². The summed E-state index contributed by atoms with van der Waals surface area (Å²) in [6.45, 7) is 1.77. The van der Waals surface area contributed by atoms with Gasteiger partial charge in [-0.15, -0.1) is 0 Å². The van der Waals surface area contributed by atoms with Gasteiger partial charge in [-0.1, -0.05) is 0 Å². The number of benzene rings is 2. The van der Waals surface area contributed by atoms with Crippen LogP contribution in [0.1, 0.15) is 17.4 Å². The molecular formula is C27H26F3N7O2. The van der Waals surface area contributed by atoms with Gasteiger partial charge in [0.25, 0.3) is 11.8 Å². The molecule has 5 rings (SSSR count). The Morgan fingerprint density at radius 1 is 1.08 bits per heavy atom.